The zero-order chi connectivity index (χ0) is 18.0. The second-order valence-corrected chi connectivity index (χ2v) is 5.52. The molecule has 6 heteroatoms. The fourth-order valence-electron chi connectivity index (χ4n) is 2.69. The maximum atomic E-state index is 12.8. The Labute approximate surface area is 144 Å². The third-order valence-corrected chi connectivity index (χ3v) is 3.99. The molecule has 2 aromatic carbocycles. The normalized spacial score (nSPS) is 10.5. The molecule has 128 valence electrons. The van der Waals surface area contributed by atoms with Gasteiger partial charge in [-0.05, 0) is 18.2 Å². The number of hydrogen-bond acceptors (Lipinski definition) is 4. The van der Waals surface area contributed by atoms with Crippen LogP contribution in [0.1, 0.15) is 10.4 Å². The van der Waals surface area contributed by atoms with Gasteiger partial charge >= 0.3 is 0 Å². The number of hydrogen-bond donors (Lipinski definition) is 1. The molecule has 0 saturated carbocycles. The van der Waals surface area contributed by atoms with Gasteiger partial charge in [0.2, 0.25) is 0 Å². The Hall–Kier alpha value is -3.28. The van der Waals surface area contributed by atoms with Crippen LogP contribution in [0.5, 0.6) is 11.5 Å². The summed E-state index contributed by atoms with van der Waals surface area (Å²) < 4.78 is 11.9. The number of amides is 1. The van der Waals surface area contributed by atoms with Crippen LogP contribution in [0, 0.1) is 0 Å². The summed E-state index contributed by atoms with van der Waals surface area (Å²) in [4.78, 5) is 25.0. The lowest BCUT2D eigenvalue weighted by molar-refractivity contribution is 0.102. The van der Waals surface area contributed by atoms with Gasteiger partial charge in [0, 0.05) is 30.1 Å². The number of fused-ring (bicyclic) bond motifs is 1. The third-order valence-electron chi connectivity index (χ3n) is 3.99. The minimum Gasteiger partial charge on any atom is -0.497 e. The molecule has 1 amide bonds. The molecule has 0 fully saturated rings. The molecule has 3 aromatic rings. The van der Waals surface area contributed by atoms with Crippen molar-refractivity contribution in [1.82, 2.24) is 4.57 Å². The average Bonchev–Trinajstić information content (AvgIpc) is 2.64. The Kier molecular flexibility index (Phi) is 4.43. The van der Waals surface area contributed by atoms with Crippen molar-refractivity contribution in [3.63, 3.8) is 0 Å². The van der Waals surface area contributed by atoms with Crippen LogP contribution in [0.3, 0.4) is 0 Å². The van der Waals surface area contributed by atoms with E-state index in [0.717, 1.165) is 0 Å². The zero-order valence-electron chi connectivity index (χ0n) is 14.2. The van der Waals surface area contributed by atoms with E-state index in [2.05, 4.69) is 5.32 Å². The number of nitrogens with zero attached hydrogens (tertiary/aromatic N) is 1. The van der Waals surface area contributed by atoms with Crippen LogP contribution in [-0.2, 0) is 7.05 Å². The number of ether oxygens (including phenoxy) is 2. The maximum absolute atomic E-state index is 12.8. The van der Waals surface area contributed by atoms with Crippen LogP contribution in [0.25, 0.3) is 10.8 Å². The first-order valence-corrected chi connectivity index (χ1v) is 7.67. The number of nitrogens with one attached hydrogen (secondary N) is 1. The summed E-state index contributed by atoms with van der Waals surface area (Å²) in [6, 6.07) is 12.2. The van der Waals surface area contributed by atoms with Crippen LogP contribution in [0.2, 0.25) is 0 Å². The quantitative estimate of drug-likeness (QED) is 0.794. The number of methoxy groups -OCH3 is 2. The molecule has 1 heterocycles. The smallest absolute Gasteiger partial charge is 0.258 e. The van der Waals surface area contributed by atoms with E-state index in [1.165, 1.54) is 17.9 Å². The average molecular weight is 338 g/mol. The summed E-state index contributed by atoms with van der Waals surface area (Å²) in [6.07, 6.45) is 1.54. The standard InChI is InChI=1S/C19H18N2O4/c1-21-11-15(13-6-4-5-7-14(13)19(21)23)18(22)20-16-9-8-12(24-2)10-17(16)25-3/h4-11H,1-3H3,(H,20,22). The Morgan fingerprint density at radius 1 is 1.04 bits per heavy atom. The molecule has 6 nitrogen and oxygen atoms in total. The molecular formula is C19H18N2O4. The Bertz CT molecular complexity index is 1010. The largest absolute Gasteiger partial charge is 0.497 e. The predicted octanol–water partition coefficient (Wildman–Crippen LogP) is 2.81. The SMILES string of the molecule is COc1ccc(NC(=O)c2cn(C)c(=O)c3ccccc23)c(OC)c1. The van der Waals surface area contributed by atoms with Crippen LogP contribution >= 0.6 is 0 Å². The molecule has 0 aliphatic rings. The molecule has 0 bridgehead atoms. The van der Waals surface area contributed by atoms with Gasteiger partial charge in [0.15, 0.2) is 0 Å². The van der Waals surface area contributed by atoms with E-state index in [1.54, 1.807) is 56.6 Å². The summed E-state index contributed by atoms with van der Waals surface area (Å²) in [6.45, 7) is 0. The number of aryl methyl sites for hydroxylation is 1. The molecular weight excluding hydrogens is 320 g/mol. The van der Waals surface area contributed by atoms with Crippen molar-refractivity contribution in [2.75, 3.05) is 19.5 Å². The highest BCUT2D eigenvalue weighted by atomic mass is 16.5. The second-order valence-electron chi connectivity index (χ2n) is 5.52. The monoisotopic (exact) mass is 338 g/mol. The van der Waals surface area contributed by atoms with Gasteiger partial charge in [-0.2, -0.15) is 0 Å². The highest BCUT2D eigenvalue weighted by Gasteiger charge is 2.15. The molecule has 0 radical (unpaired) electrons. The van der Waals surface area contributed by atoms with Gasteiger partial charge in [-0.15, -0.1) is 0 Å². The van der Waals surface area contributed by atoms with Crippen molar-refractivity contribution in [2.24, 2.45) is 7.05 Å². The van der Waals surface area contributed by atoms with E-state index < -0.39 is 0 Å². The molecule has 0 aliphatic carbocycles. The van der Waals surface area contributed by atoms with E-state index in [0.29, 0.717) is 33.5 Å². The van der Waals surface area contributed by atoms with E-state index in [-0.39, 0.29) is 11.5 Å². The van der Waals surface area contributed by atoms with Gasteiger partial charge in [0.1, 0.15) is 11.5 Å². The number of benzene rings is 2. The Balaban J connectivity index is 2.04. The van der Waals surface area contributed by atoms with Gasteiger partial charge in [-0.1, -0.05) is 18.2 Å². The molecule has 0 saturated heterocycles. The van der Waals surface area contributed by atoms with Crippen LogP contribution in [0.15, 0.2) is 53.5 Å². The number of carbonyl (C=O) groups excluding carboxylic acids is 1. The van der Waals surface area contributed by atoms with Crippen LogP contribution < -0.4 is 20.3 Å². The topological polar surface area (TPSA) is 69.6 Å². The number of aromatic nitrogens is 1. The maximum Gasteiger partial charge on any atom is 0.258 e. The van der Waals surface area contributed by atoms with Gasteiger partial charge in [0.25, 0.3) is 11.5 Å². The third kappa shape index (κ3) is 3.06. The van der Waals surface area contributed by atoms with Crippen molar-refractivity contribution in [3.05, 3.63) is 64.6 Å². The fraction of sp³-hybridized carbons (Fsp3) is 0.158. The molecule has 1 aromatic heterocycles. The van der Waals surface area contributed by atoms with Gasteiger partial charge < -0.3 is 19.4 Å². The van der Waals surface area contributed by atoms with Gasteiger partial charge in [-0.3, -0.25) is 9.59 Å². The highest BCUT2D eigenvalue weighted by Crippen LogP contribution is 2.29. The Morgan fingerprint density at radius 2 is 1.76 bits per heavy atom. The molecule has 0 atom stereocenters. The highest BCUT2D eigenvalue weighted by molar-refractivity contribution is 6.13. The number of anilines is 1. The first kappa shape index (κ1) is 16.6. The number of carbonyl (C=O) groups is 1. The van der Waals surface area contributed by atoms with Crippen molar-refractivity contribution in [2.45, 2.75) is 0 Å². The molecule has 25 heavy (non-hydrogen) atoms. The first-order valence-electron chi connectivity index (χ1n) is 7.67. The summed E-state index contributed by atoms with van der Waals surface area (Å²) in [5.74, 6) is 0.791. The minimum atomic E-state index is -0.324. The van der Waals surface area contributed by atoms with Crippen molar-refractivity contribution < 1.29 is 14.3 Å². The number of rotatable bonds is 4. The lowest BCUT2D eigenvalue weighted by Crippen LogP contribution is -2.21. The summed E-state index contributed by atoms with van der Waals surface area (Å²) in [5.41, 5.74) is 0.788. The van der Waals surface area contributed by atoms with Crippen molar-refractivity contribution in [1.29, 1.82) is 0 Å². The molecule has 0 spiro atoms. The number of pyridine rings is 1. The van der Waals surface area contributed by atoms with Crippen molar-refractivity contribution >= 4 is 22.4 Å². The Morgan fingerprint density at radius 3 is 2.44 bits per heavy atom. The molecule has 1 N–H and O–H groups in total. The minimum absolute atomic E-state index is 0.144. The van der Waals surface area contributed by atoms with Crippen LogP contribution in [0.4, 0.5) is 5.69 Å². The van der Waals surface area contributed by atoms with E-state index in [9.17, 15) is 9.59 Å². The molecule has 3 rings (SSSR count). The molecule has 0 unspecified atom stereocenters. The predicted molar refractivity (Wildman–Crippen MR) is 96.7 cm³/mol. The summed E-state index contributed by atoms with van der Waals surface area (Å²) in [7, 11) is 4.70. The molecule has 0 aliphatic heterocycles. The fourth-order valence-corrected chi connectivity index (χ4v) is 2.69. The lowest BCUT2D eigenvalue weighted by atomic mass is 10.1. The first-order chi connectivity index (χ1) is 12.0. The van der Waals surface area contributed by atoms with E-state index >= 15 is 0 Å². The van der Waals surface area contributed by atoms with E-state index in [4.69, 9.17) is 9.47 Å². The lowest BCUT2D eigenvalue weighted by Gasteiger charge is -2.13. The van der Waals surface area contributed by atoms with Gasteiger partial charge in [-0.25, -0.2) is 0 Å². The summed E-state index contributed by atoms with van der Waals surface area (Å²) in [5, 5.41) is 3.94. The van der Waals surface area contributed by atoms with Gasteiger partial charge in [0.05, 0.1) is 25.5 Å². The summed E-state index contributed by atoms with van der Waals surface area (Å²) >= 11 is 0. The second kappa shape index (κ2) is 6.68. The van der Waals surface area contributed by atoms with Crippen LogP contribution in [-0.4, -0.2) is 24.7 Å². The van der Waals surface area contributed by atoms with Crippen molar-refractivity contribution in [3.8, 4) is 11.5 Å². The zero-order valence-corrected chi connectivity index (χ0v) is 14.2. The van der Waals surface area contributed by atoms with E-state index in [1.807, 2.05) is 0 Å².